The number of hydrogen-bond donors (Lipinski definition) is 4. The number of benzene rings is 2. The summed E-state index contributed by atoms with van der Waals surface area (Å²) in [5, 5.41) is 7.28. The van der Waals surface area contributed by atoms with E-state index >= 15 is 0 Å². The van der Waals surface area contributed by atoms with E-state index in [9.17, 15) is 0 Å². The molecule has 1 aliphatic carbocycles. The van der Waals surface area contributed by atoms with Crippen LogP contribution in [0.2, 0.25) is 0 Å². The summed E-state index contributed by atoms with van der Waals surface area (Å²) in [5.41, 5.74) is 9.33. The second kappa shape index (κ2) is 9.58. The van der Waals surface area contributed by atoms with E-state index in [1.807, 2.05) is 12.4 Å². The van der Waals surface area contributed by atoms with Gasteiger partial charge in [0.15, 0.2) is 0 Å². The first-order chi connectivity index (χ1) is 17.9. The Bertz CT molecular complexity index is 1400. The van der Waals surface area contributed by atoms with Gasteiger partial charge >= 0.3 is 0 Å². The van der Waals surface area contributed by atoms with Crippen molar-refractivity contribution in [1.29, 1.82) is 0 Å². The van der Waals surface area contributed by atoms with E-state index in [1.165, 1.54) is 35.1 Å². The fraction of sp³-hybridized carbons (Fsp3) is 0.419. The van der Waals surface area contributed by atoms with Crippen LogP contribution in [0.3, 0.4) is 0 Å². The molecule has 0 bridgehead atoms. The van der Waals surface area contributed by atoms with Gasteiger partial charge in [0.05, 0.1) is 23.5 Å². The van der Waals surface area contributed by atoms with Crippen LogP contribution < -0.4 is 10.6 Å². The summed E-state index contributed by atoms with van der Waals surface area (Å²) in [5.74, 6) is 2.93. The van der Waals surface area contributed by atoms with Gasteiger partial charge in [-0.1, -0.05) is 45.0 Å². The molecule has 1 aliphatic heterocycles. The first-order valence-electron chi connectivity index (χ1n) is 13.7. The van der Waals surface area contributed by atoms with Crippen molar-refractivity contribution in [3.05, 3.63) is 71.6 Å². The molecule has 0 radical (unpaired) electrons. The number of rotatable bonds is 8. The zero-order valence-corrected chi connectivity index (χ0v) is 22.5. The maximum atomic E-state index is 4.93. The van der Waals surface area contributed by atoms with E-state index < -0.39 is 0 Å². The van der Waals surface area contributed by atoms with Crippen LogP contribution in [-0.2, 0) is 0 Å². The number of nitrogens with one attached hydrogen (secondary N) is 4. The quantitative estimate of drug-likeness (QED) is 0.222. The molecule has 0 spiro atoms. The molecule has 2 aromatic heterocycles. The zero-order valence-electron chi connectivity index (χ0n) is 22.5. The van der Waals surface area contributed by atoms with Gasteiger partial charge in [-0.15, -0.1) is 0 Å². The van der Waals surface area contributed by atoms with E-state index in [0.29, 0.717) is 12.1 Å². The maximum Gasteiger partial charge on any atom is 0.124 e. The predicted molar refractivity (Wildman–Crippen MR) is 150 cm³/mol. The number of imidazole rings is 2. The van der Waals surface area contributed by atoms with Crippen molar-refractivity contribution in [1.82, 2.24) is 30.6 Å². The lowest BCUT2D eigenvalue weighted by Crippen LogP contribution is -2.28. The van der Waals surface area contributed by atoms with Crippen molar-refractivity contribution in [3.63, 3.8) is 0 Å². The highest BCUT2D eigenvalue weighted by atomic mass is 15.1. The topological polar surface area (TPSA) is 81.4 Å². The van der Waals surface area contributed by atoms with E-state index in [1.54, 1.807) is 0 Å². The minimum atomic E-state index is 0.237. The Labute approximate surface area is 219 Å². The third-order valence-corrected chi connectivity index (χ3v) is 8.01. The summed E-state index contributed by atoms with van der Waals surface area (Å²) < 4.78 is 0. The lowest BCUT2D eigenvalue weighted by Gasteiger charge is -2.17. The summed E-state index contributed by atoms with van der Waals surface area (Å²) in [6, 6.07) is 15.1. The molecule has 6 nitrogen and oxygen atoms in total. The van der Waals surface area contributed by atoms with Crippen LogP contribution in [0.4, 0.5) is 0 Å². The van der Waals surface area contributed by atoms with Crippen LogP contribution in [0.5, 0.6) is 0 Å². The summed E-state index contributed by atoms with van der Waals surface area (Å²) in [6.07, 6.45) is 7.61. The maximum absolute atomic E-state index is 4.93. The Morgan fingerprint density at radius 3 is 2.11 bits per heavy atom. The highest BCUT2D eigenvalue weighted by molar-refractivity contribution is 5.76. The van der Waals surface area contributed by atoms with E-state index in [0.717, 1.165) is 52.5 Å². The fourth-order valence-electron chi connectivity index (χ4n) is 5.90. The Balaban J connectivity index is 1.21. The molecule has 3 heterocycles. The summed E-state index contributed by atoms with van der Waals surface area (Å²) in [6.45, 7) is 10.9. The van der Waals surface area contributed by atoms with Crippen molar-refractivity contribution >= 4 is 0 Å². The number of H-pyrrole nitrogens is 2. The molecular formula is C31H38N6. The number of hydrogen-bond acceptors (Lipinski definition) is 4. The largest absolute Gasteiger partial charge is 0.347 e. The third kappa shape index (κ3) is 4.76. The third-order valence-electron chi connectivity index (χ3n) is 8.01. The van der Waals surface area contributed by atoms with E-state index in [2.05, 4.69) is 91.6 Å². The lowest BCUT2D eigenvalue weighted by molar-refractivity contribution is 0.451. The van der Waals surface area contributed by atoms with Crippen LogP contribution in [0.15, 0.2) is 48.8 Å². The molecule has 1 saturated heterocycles. The van der Waals surface area contributed by atoms with E-state index in [-0.39, 0.29) is 6.04 Å². The number of nitrogens with zero attached hydrogens (tertiary/aromatic N) is 2. The molecule has 0 amide bonds. The molecule has 2 aliphatic rings. The number of aromatic nitrogens is 4. The van der Waals surface area contributed by atoms with Gasteiger partial charge in [-0.3, -0.25) is 0 Å². The van der Waals surface area contributed by atoms with Crippen LogP contribution in [0.25, 0.3) is 33.6 Å². The van der Waals surface area contributed by atoms with Gasteiger partial charge in [-0.2, -0.15) is 0 Å². The van der Waals surface area contributed by atoms with Gasteiger partial charge in [-0.25, -0.2) is 9.97 Å². The van der Waals surface area contributed by atoms with E-state index in [4.69, 9.17) is 9.97 Å². The molecule has 4 N–H and O–H groups in total. The Morgan fingerprint density at radius 1 is 0.892 bits per heavy atom. The second-order valence-corrected chi connectivity index (χ2v) is 11.2. The number of aryl methyl sites for hydroxylation is 2. The normalized spacial score (nSPS) is 21.4. The van der Waals surface area contributed by atoms with Crippen molar-refractivity contribution < 1.29 is 0 Å². The predicted octanol–water partition coefficient (Wildman–Crippen LogP) is 6.62. The minimum absolute atomic E-state index is 0.237. The van der Waals surface area contributed by atoms with Crippen molar-refractivity contribution in [2.45, 2.75) is 78.0 Å². The highest BCUT2D eigenvalue weighted by Crippen LogP contribution is 2.45. The molecule has 6 rings (SSSR count). The Hall–Kier alpha value is -3.22. The van der Waals surface area contributed by atoms with Gasteiger partial charge < -0.3 is 20.6 Å². The fourth-order valence-corrected chi connectivity index (χ4v) is 5.90. The molecule has 1 saturated carbocycles. The van der Waals surface area contributed by atoms with Gasteiger partial charge in [0.2, 0.25) is 0 Å². The highest BCUT2D eigenvalue weighted by Gasteiger charge is 2.46. The molecule has 2 fully saturated rings. The SMILES string of the molecule is CC[C@H](NC(C)C)c1nc(-c2ccc(-c3ccc(-c4c[nH]c([C@@H]5C[C@H]6C[C@H]6N5)n4)cc3C)c(C)c2)c[nH]1. The molecule has 4 atom stereocenters. The van der Waals surface area contributed by atoms with Gasteiger partial charge in [0.25, 0.3) is 0 Å². The Kier molecular flexibility index (Phi) is 6.25. The summed E-state index contributed by atoms with van der Waals surface area (Å²) in [4.78, 5) is 16.7. The number of aromatic amines is 2. The van der Waals surface area contributed by atoms with Gasteiger partial charge in [0.1, 0.15) is 11.6 Å². The minimum Gasteiger partial charge on any atom is -0.347 e. The Morgan fingerprint density at radius 2 is 1.54 bits per heavy atom. The molecule has 2 aromatic carbocycles. The average Bonchev–Trinajstić information content (AvgIpc) is 3.32. The summed E-state index contributed by atoms with van der Waals surface area (Å²) >= 11 is 0. The smallest absolute Gasteiger partial charge is 0.124 e. The molecule has 192 valence electrons. The first-order valence-corrected chi connectivity index (χ1v) is 13.7. The molecule has 6 heteroatoms. The zero-order chi connectivity index (χ0) is 25.7. The number of fused-ring (bicyclic) bond motifs is 1. The van der Waals surface area contributed by atoms with Crippen LogP contribution in [0.1, 0.15) is 74.9 Å². The first kappa shape index (κ1) is 24.1. The molecular weight excluding hydrogens is 456 g/mol. The molecule has 4 aromatic rings. The standard InChI is InChI=1S/C31H38N6/c1-6-25(34-17(2)3)30-32-15-28(36-30)20-7-9-23(18(4)11-20)24-10-8-21(12-19(24)5)29-16-33-31(37-29)27-14-22-13-26(22)35-27/h7-12,15-17,22,25-27,34-35H,6,13-14H2,1-5H3,(H,32,36)(H,33,37)/t22-,25+,26-,27+/m1/s1. The van der Waals surface area contributed by atoms with Crippen molar-refractivity contribution in [3.8, 4) is 33.6 Å². The molecule has 0 unspecified atom stereocenters. The lowest BCUT2D eigenvalue weighted by atomic mass is 9.93. The van der Waals surface area contributed by atoms with Gasteiger partial charge in [0, 0.05) is 35.6 Å². The number of piperidine rings is 1. The monoisotopic (exact) mass is 494 g/mol. The average molecular weight is 495 g/mol. The van der Waals surface area contributed by atoms with Crippen molar-refractivity contribution in [2.75, 3.05) is 0 Å². The van der Waals surface area contributed by atoms with Crippen molar-refractivity contribution in [2.24, 2.45) is 5.92 Å². The molecule has 37 heavy (non-hydrogen) atoms. The second-order valence-electron chi connectivity index (χ2n) is 11.2. The van der Waals surface area contributed by atoms with Crippen LogP contribution >= 0.6 is 0 Å². The van der Waals surface area contributed by atoms with Crippen LogP contribution in [0, 0.1) is 19.8 Å². The van der Waals surface area contributed by atoms with Gasteiger partial charge in [-0.05, 0) is 73.4 Å². The summed E-state index contributed by atoms with van der Waals surface area (Å²) in [7, 11) is 0. The van der Waals surface area contributed by atoms with Crippen LogP contribution in [-0.4, -0.2) is 32.0 Å².